The lowest BCUT2D eigenvalue weighted by atomic mass is 9.98. The van der Waals surface area contributed by atoms with Crippen LogP contribution in [0.3, 0.4) is 0 Å². The number of carbonyl (C=O) groups is 1. The van der Waals surface area contributed by atoms with Crippen molar-refractivity contribution in [1.82, 2.24) is 10.2 Å². The highest BCUT2D eigenvalue weighted by atomic mass is 35.5. The number of likely N-dealkylation sites (tertiary alicyclic amines) is 1. The summed E-state index contributed by atoms with van der Waals surface area (Å²) in [5, 5.41) is 6.28. The van der Waals surface area contributed by atoms with E-state index in [0.717, 1.165) is 26.2 Å². The molecule has 0 spiro atoms. The number of nitrogens with zero attached hydrogens (tertiary/aromatic N) is 1. The average Bonchev–Trinajstić information content (AvgIpc) is 3.18. The predicted molar refractivity (Wildman–Crippen MR) is 117 cm³/mol. The van der Waals surface area contributed by atoms with E-state index in [-0.39, 0.29) is 5.91 Å². The topological polar surface area (TPSA) is 41.6 Å². The molecular weight excluding hydrogens is 415 g/mol. The van der Waals surface area contributed by atoms with Gasteiger partial charge in [-0.05, 0) is 61.4 Å². The molecule has 0 radical (unpaired) electrons. The van der Waals surface area contributed by atoms with E-state index in [4.69, 9.17) is 27.9 Å². The van der Waals surface area contributed by atoms with E-state index in [0.29, 0.717) is 41.2 Å². The first kappa shape index (κ1) is 21.4. The van der Waals surface area contributed by atoms with E-state index in [1.165, 1.54) is 17.7 Å². The Bertz CT molecular complexity index is 755. The zero-order valence-electron chi connectivity index (χ0n) is 15.8. The van der Waals surface area contributed by atoms with Crippen LogP contribution in [-0.4, -0.2) is 37.0 Å². The smallest absolute Gasteiger partial charge is 0.220 e. The second-order valence-corrected chi connectivity index (χ2v) is 9.03. The van der Waals surface area contributed by atoms with Crippen molar-refractivity contribution >= 4 is 40.4 Å². The standard InChI is InChI=1S/C21H26Cl2N2O2S/c22-17-7-8-20(19(23)12-17)27-10-2-6-21(26)24-13-16-4-1-9-25(14-16)15-18-5-3-11-28-18/h3,5,7-8,11-12,16H,1-2,4,6,9-10,13-15H2,(H,24,26). The Hall–Kier alpha value is -1.27. The molecule has 1 fully saturated rings. The summed E-state index contributed by atoms with van der Waals surface area (Å²) in [5.74, 6) is 1.21. The van der Waals surface area contributed by atoms with E-state index in [1.807, 2.05) is 11.3 Å². The van der Waals surface area contributed by atoms with Crippen LogP contribution in [0.5, 0.6) is 5.75 Å². The Morgan fingerprint density at radius 3 is 3.00 bits per heavy atom. The van der Waals surface area contributed by atoms with Gasteiger partial charge in [0.05, 0.1) is 11.6 Å². The molecule has 1 aromatic heterocycles. The maximum Gasteiger partial charge on any atom is 0.220 e. The van der Waals surface area contributed by atoms with E-state index in [2.05, 4.69) is 27.7 Å². The molecule has 0 bridgehead atoms. The third kappa shape index (κ3) is 6.96. The highest BCUT2D eigenvalue weighted by molar-refractivity contribution is 7.09. The zero-order chi connectivity index (χ0) is 19.8. The van der Waals surface area contributed by atoms with Gasteiger partial charge in [-0.2, -0.15) is 0 Å². The van der Waals surface area contributed by atoms with Gasteiger partial charge in [0.2, 0.25) is 5.91 Å². The Balaban J connectivity index is 1.30. The van der Waals surface area contributed by atoms with Crippen molar-refractivity contribution in [3.05, 3.63) is 50.6 Å². The van der Waals surface area contributed by atoms with Crippen LogP contribution >= 0.6 is 34.5 Å². The molecule has 2 heterocycles. The molecule has 1 unspecified atom stereocenters. The van der Waals surface area contributed by atoms with Crippen molar-refractivity contribution in [2.24, 2.45) is 5.92 Å². The molecule has 3 rings (SSSR count). The highest BCUT2D eigenvalue weighted by Crippen LogP contribution is 2.27. The van der Waals surface area contributed by atoms with Gasteiger partial charge in [-0.15, -0.1) is 11.3 Å². The molecule has 1 saturated heterocycles. The van der Waals surface area contributed by atoms with Crippen LogP contribution in [-0.2, 0) is 11.3 Å². The monoisotopic (exact) mass is 440 g/mol. The molecule has 28 heavy (non-hydrogen) atoms. The molecule has 0 saturated carbocycles. The summed E-state index contributed by atoms with van der Waals surface area (Å²) in [5.41, 5.74) is 0. The molecule has 152 valence electrons. The number of nitrogens with one attached hydrogen (secondary N) is 1. The quantitative estimate of drug-likeness (QED) is 0.541. The van der Waals surface area contributed by atoms with Crippen molar-refractivity contribution in [1.29, 1.82) is 0 Å². The minimum absolute atomic E-state index is 0.0844. The third-order valence-corrected chi connectivity index (χ3v) is 6.24. The van der Waals surface area contributed by atoms with E-state index in [1.54, 1.807) is 18.2 Å². The molecule has 1 amide bonds. The first-order valence-corrected chi connectivity index (χ1v) is 11.3. The first-order valence-electron chi connectivity index (χ1n) is 9.69. The number of thiophene rings is 1. The van der Waals surface area contributed by atoms with Crippen LogP contribution in [0.2, 0.25) is 10.0 Å². The van der Waals surface area contributed by atoms with Gasteiger partial charge in [0, 0.05) is 36.0 Å². The summed E-state index contributed by atoms with van der Waals surface area (Å²) in [4.78, 5) is 16.0. The van der Waals surface area contributed by atoms with Gasteiger partial charge in [-0.3, -0.25) is 9.69 Å². The molecule has 1 aromatic carbocycles. The fourth-order valence-electron chi connectivity index (χ4n) is 3.44. The highest BCUT2D eigenvalue weighted by Gasteiger charge is 2.20. The fourth-order valence-corrected chi connectivity index (χ4v) is 4.65. The van der Waals surface area contributed by atoms with Crippen LogP contribution in [0.4, 0.5) is 0 Å². The summed E-state index contributed by atoms with van der Waals surface area (Å²) in [6.07, 6.45) is 3.48. The number of hydrogen-bond acceptors (Lipinski definition) is 4. The summed E-state index contributed by atoms with van der Waals surface area (Å²) >= 11 is 13.7. The SMILES string of the molecule is O=C(CCCOc1ccc(Cl)cc1Cl)NCC1CCCN(Cc2cccs2)C1. The Morgan fingerprint density at radius 1 is 1.32 bits per heavy atom. The summed E-state index contributed by atoms with van der Waals surface area (Å²) < 4.78 is 5.62. The largest absolute Gasteiger partial charge is 0.492 e. The third-order valence-electron chi connectivity index (χ3n) is 4.85. The molecule has 1 atom stereocenters. The Labute approximate surface area is 180 Å². The average molecular weight is 441 g/mol. The lowest BCUT2D eigenvalue weighted by Gasteiger charge is -2.32. The van der Waals surface area contributed by atoms with Gasteiger partial charge in [-0.1, -0.05) is 29.3 Å². The number of ether oxygens (including phenoxy) is 1. The molecule has 1 aliphatic rings. The number of benzene rings is 1. The first-order chi connectivity index (χ1) is 13.6. The number of hydrogen-bond donors (Lipinski definition) is 1. The van der Waals surface area contributed by atoms with Crippen LogP contribution in [0.25, 0.3) is 0 Å². The minimum Gasteiger partial charge on any atom is -0.492 e. The van der Waals surface area contributed by atoms with Crippen LogP contribution in [0.1, 0.15) is 30.6 Å². The van der Waals surface area contributed by atoms with E-state index >= 15 is 0 Å². The number of carbonyl (C=O) groups excluding carboxylic acids is 1. The molecule has 4 nitrogen and oxygen atoms in total. The van der Waals surface area contributed by atoms with Gasteiger partial charge in [0.1, 0.15) is 5.75 Å². The van der Waals surface area contributed by atoms with Crippen molar-refractivity contribution in [2.75, 3.05) is 26.2 Å². The molecule has 7 heteroatoms. The Morgan fingerprint density at radius 2 is 2.21 bits per heavy atom. The fraction of sp³-hybridized carbons (Fsp3) is 0.476. The van der Waals surface area contributed by atoms with Crippen LogP contribution in [0, 0.1) is 5.92 Å². The second-order valence-electron chi connectivity index (χ2n) is 7.15. The maximum absolute atomic E-state index is 12.1. The van der Waals surface area contributed by atoms with E-state index < -0.39 is 0 Å². The van der Waals surface area contributed by atoms with Gasteiger partial charge in [0.25, 0.3) is 0 Å². The van der Waals surface area contributed by atoms with Gasteiger partial charge in [0.15, 0.2) is 0 Å². The molecular formula is C21H26Cl2N2O2S. The lowest BCUT2D eigenvalue weighted by Crippen LogP contribution is -2.40. The van der Waals surface area contributed by atoms with E-state index in [9.17, 15) is 4.79 Å². The second kappa shape index (κ2) is 11.1. The van der Waals surface area contributed by atoms with Gasteiger partial charge >= 0.3 is 0 Å². The minimum atomic E-state index is 0.0844. The summed E-state index contributed by atoms with van der Waals surface area (Å²) in [7, 11) is 0. The number of rotatable bonds is 9. The van der Waals surface area contributed by atoms with Crippen LogP contribution in [0.15, 0.2) is 35.7 Å². The molecule has 1 N–H and O–H groups in total. The van der Waals surface area contributed by atoms with Crippen molar-refractivity contribution in [3.63, 3.8) is 0 Å². The van der Waals surface area contributed by atoms with Gasteiger partial charge in [-0.25, -0.2) is 0 Å². The van der Waals surface area contributed by atoms with Gasteiger partial charge < -0.3 is 10.1 Å². The lowest BCUT2D eigenvalue weighted by molar-refractivity contribution is -0.121. The summed E-state index contributed by atoms with van der Waals surface area (Å²) in [6.45, 7) is 4.42. The molecule has 0 aliphatic carbocycles. The Kier molecular flexibility index (Phi) is 8.46. The normalized spacial score (nSPS) is 17.4. The van der Waals surface area contributed by atoms with Crippen LogP contribution < -0.4 is 10.1 Å². The summed E-state index contributed by atoms with van der Waals surface area (Å²) in [6, 6.07) is 9.43. The number of piperidine rings is 1. The van der Waals surface area contributed by atoms with Crippen molar-refractivity contribution in [3.8, 4) is 5.75 Å². The van der Waals surface area contributed by atoms with Crippen molar-refractivity contribution in [2.45, 2.75) is 32.2 Å². The maximum atomic E-state index is 12.1. The zero-order valence-corrected chi connectivity index (χ0v) is 18.2. The number of halogens is 2. The molecule has 1 aliphatic heterocycles. The predicted octanol–water partition coefficient (Wildman–Crippen LogP) is 5.24. The molecule has 2 aromatic rings. The van der Waals surface area contributed by atoms with Crippen molar-refractivity contribution < 1.29 is 9.53 Å². The number of amides is 1.